The fourth-order valence-corrected chi connectivity index (χ4v) is 2.53. The summed E-state index contributed by atoms with van der Waals surface area (Å²) in [4.78, 5) is 20.0. The van der Waals surface area contributed by atoms with Crippen molar-refractivity contribution in [2.75, 3.05) is 11.9 Å². The summed E-state index contributed by atoms with van der Waals surface area (Å²) in [5.74, 6) is 0.382. The number of carbonyl (C=O) groups excluding carboxylic acids is 1. The minimum absolute atomic E-state index is 0.263. The number of anilines is 1. The van der Waals surface area contributed by atoms with Gasteiger partial charge in [-0.1, -0.05) is 0 Å². The van der Waals surface area contributed by atoms with E-state index in [0.717, 1.165) is 16.5 Å². The highest BCUT2D eigenvalue weighted by atomic mass is 32.1. The van der Waals surface area contributed by atoms with Gasteiger partial charge in [0.15, 0.2) is 0 Å². The molecule has 2 aromatic rings. The van der Waals surface area contributed by atoms with Gasteiger partial charge < -0.3 is 5.73 Å². The molecule has 0 spiro atoms. The Morgan fingerprint density at radius 2 is 2.35 bits per heavy atom. The smallest absolute Gasteiger partial charge is 0.276 e. The summed E-state index contributed by atoms with van der Waals surface area (Å²) in [6.07, 6.45) is 0.690. The van der Waals surface area contributed by atoms with E-state index in [1.165, 1.54) is 11.3 Å². The predicted molar refractivity (Wildman–Crippen MR) is 67.5 cm³/mol. The van der Waals surface area contributed by atoms with Gasteiger partial charge in [-0.3, -0.25) is 10.1 Å². The third kappa shape index (κ3) is 3.05. The molecule has 6 nitrogen and oxygen atoms in total. The van der Waals surface area contributed by atoms with Crippen LogP contribution in [0.1, 0.15) is 21.3 Å². The number of nitrogens with one attached hydrogen (secondary N) is 1. The van der Waals surface area contributed by atoms with Crippen molar-refractivity contribution in [1.82, 2.24) is 14.3 Å². The lowest BCUT2D eigenvalue weighted by atomic mass is 10.4. The quantitative estimate of drug-likeness (QED) is 0.865. The molecule has 1 amide bonds. The largest absolute Gasteiger partial charge is 0.330 e. The number of amides is 1. The fraction of sp³-hybridized carbons (Fsp3) is 0.333. The lowest BCUT2D eigenvalue weighted by molar-refractivity contribution is 0.102. The van der Waals surface area contributed by atoms with Gasteiger partial charge in [0, 0.05) is 23.3 Å². The molecule has 0 unspecified atom stereocenters. The van der Waals surface area contributed by atoms with Gasteiger partial charge in [0.1, 0.15) is 11.5 Å². The van der Waals surface area contributed by atoms with Crippen LogP contribution in [0.4, 0.5) is 5.13 Å². The Kier molecular flexibility index (Phi) is 3.77. The third-order valence-corrected chi connectivity index (χ3v) is 3.52. The Hall–Kier alpha value is -1.38. The number of rotatable bonds is 4. The van der Waals surface area contributed by atoms with E-state index >= 15 is 0 Å². The molecule has 17 heavy (non-hydrogen) atoms. The Balaban J connectivity index is 2.03. The van der Waals surface area contributed by atoms with E-state index in [-0.39, 0.29) is 5.91 Å². The summed E-state index contributed by atoms with van der Waals surface area (Å²) in [5, 5.41) is 5.72. The Morgan fingerprint density at radius 1 is 1.53 bits per heavy atom. The molecule has 0 saturated carbocycles. The standard InChI is InChI=1S/C9H11N5OS2/c1-5-11-9(17-14-5)13-8(15)6-4-16-7(12-6)2-3-10/h4H,2-3,10H2,1H3,(H,11,13,14,15). The fourth-order valence-electron chi connectivity index (χ4n) is 1.16. The SMILES string of the molecule is Cc1nsc(NC(=O)c2csc(CCN)n2)n1. The molecule has 0 fully saturated rings. The lowest BCUT2D eigenvalue weighted by Gasteiger charge is -1.96. The molecule has 90 valence electrons. The lowest BCUT2D eigenvalue weighted by Crippen LogP contribution is -2.12. The van der Waals surface area contributed by atoms with Crippen LogP contribution < -0.4 is 11.1 Å². The number of carbonyl (C=O) groups is 1. The second-order valence-corrected chi connectivity index (χ2v) is 4.96. The molecule has 2 heterocycles. The van der Waals surface area contributed by atoms with E-state index in [4.69, 9.17) is 5.73 Å². The zero-order valence-electron chi connectivity index (χ0n) is 9.14. The van der Waals surface area contributed by atoms with Crippen molar-refractivity contribution in [2.45, 2.75) is 13.3 Å². The molecule has 0 saturated heterocycles. The van der Waals surface area contributed by atoms with Gasteiger partial charge in [-0.15, -0.1) is 11.3 Å². The van der Waals surface area contributed by atoms with E-state index in [9.17, 15) is 4.79 Å². The highest BCUT2D eigenvalue weighted by Crippen LogP contribution is 2.14. The van der Waals surface area contributed by atoms with E-state index in [2.05, 4.69) is 19.7 Å². The van der Waals surface area contributed by atoms with Gasteiger partial charge in [-0.05, 0) is 13.5 Å². The van der Waals surface area contributed by atoms with Crippen molar-refractivity contribution in [3.8, 4) is 0 Å². The highest BCUT2D eigenvalue weighted by molar-refractivity contribution is 7.10. The van der Waals surface area contributed by atoms with Crippen molar-refractivity contribution in [3.63, 3.8) is 0 Å². The first-order valence-corrected chi connectivity index (χ1v) is 6.60. The van der Waals surface area contributed by atoms with Crippen LogP contribution in [-0.2, 0) is 6.42 Å². The third-order valence-electron chi connectivity index (χ3n) is 1.89. The van der Waals surface area contributed by atoms with E-state index in [1.807, 2.05) is 0 Å². The normalized spacial score (nSPS) is 10.5. The summed E-state index contributed by atoms with van der Waals surface area (Å²) in [6, 6.07) is 0. The van der Waals surface area contributed by atoms with Gasteiger partial charge in [-0.25, -0.2) is 9.97 Å². The molecule has 2 aromatic heterocycles. The van der Waals surface area contributed by atoms with Crippen molar-refractivity contribution in [2.24, 2.45) is 5.73 Å². The zero-order valence-corrected chi connectivity index (χ0v) is 10.8. The van der Waals surface area contributed by atoms with Crippen LogP contribution in [0, 0.1) is 6.92 Å². The van der Waals surface area contributed by atoms with E-state index < -0.39 is 0 Å². The maximum atomic E-state index is 11.8. The molecule has 0 bridgehead atoms. The second-order valence-electron chi connectivity index (χ2n) is 3.27. The second kappa shape index (κ2) is 5.30. The number of aromatic nitrogens is 3. The predicted octanol–water partition coefficient (Wildman–Crippen LogP) is 1.06. The van der Waals surface area contributed by atoms with Gasteiger partial charge >= 0.3 is 0 Å². The Labute approximate surface area is 106 Å². The number of aryl methyl sites for hydroxylation is 1. The van der Waals surface area contributed by atoms with Crippen molar-refractivity contribution < 1.29 is 4.79 Å². The number of nitrogens with zero attached hydrogens (tertiary/aromatic N) is 3. The molecule has 0 aliphatic heterocycles. The molecule has 0 atom stereocenters. The molecule has 0 aliphatic carbocycles. The number of hydrogen-bond acceptors (Lipinski definition) is 7. The summed E-state index contributed by atoms with van der Waals surface area (Å²) >= 11 is 2.59. The molecular weight excluding hydrogens is 258 g/mol. The van der Waals surface area contributed by atoms with Crippen LogP contribution in [0.3, 0.4) is 0 Å². The topological polar surface area (TPSA) is 93.8 Å². The number of hydrogen-bond donors (Lipinski definition) is 2. The van der Waals surface area contributed by atoms with Crippen LogP contribution in [0.2, 0.25) is 0 Å². The average molecular weight is 269 g/mol. The van der Waals surface area contributed by atoms with Gasteiger partial charge in [0.2, 0.25) is 5.13 Å². The van der Waals surface area contributed by atoms with E-state index in [0.29, 0.717) is 29.6 Å². The van der Waals surface area contributed by atoms with Crippen molar-refractivity contribution >= 4 is 33.9 Å². The van der Waals surface area contributed by atoms with Crippen LogP contribution in [0.5, 0.6) is 0 Å². The van der Waals surface area contributed by atoms with Crippen LogP contribution in [0.25, 0.3) is 0 Å². The molecule has 3 N–H and O–H groups in total. The molecule has 2 rings (SSSR count). The summed E-state index contributed by atoms with van der Waals surface area (Å²) in [6.45, 7) is 2.30. The van der Waals surface area contributed by atoms with Crippen LogP contribution in [0.15, 0.2) is 5.38 Å². The Morgan fingerprint density at radius 3 is 3.00 bits per heavy atom. The van der Waals surface area contributed by atoms with Gasteiger partial charge in [-0.2, -0.15) is 4.37 Å². The average Bonchev–Trinajstić information content (AvgIpc) is 2.88. The van der Waals surface area contributed by atoms with Crippen LogP contribution >= 0.6 is 22.9 Å². The monoisotopic (exact) mass is 269 g/mol. The van der Waals surface area contributed by atoms with Crippen molar-refractivity contribution in [1.29, 1.82) is 0 Å². The minimum Gasteiger partial charge on any atom is -0.330 e. The molecule has 8 heteroatoms. The van der Waals surface area contributed by atoms with Crippen LogP contribution in [-0.4, -0.2) is 26.8 Å². The summed E-state index contributed by atoms with van der Waals surface area (Å²) in [5.41, 5.74) is 5.82. The molecular formula is C9H11N5OS2. The number of thiazole rings is 1. The highest BCUT2D eigenvalue weighted by Gasteiger charge is 2.12. The van der Waals surface area contributed by atoms with E-state index in [1.54, 1.807) is 12.3 Å². The molecule has 0 aliphatic rings. The first-order valence-electron chi connectivity index (χ1n) is 4.95. The molecule has 0 radical (unpaired) electrons. The Bertz CT molecular complexity index is 521. The zero-order chi connectivity index (χ0) is 12.3. The summed E-state index contributed by atoms with van der Waals surface area (Å²) in [7, 11) is 0. The summed E-state index contributed by atoms with van der Waals surface area (Å²) < 4.78 is 3.98. The first kappa shape index (κ1) is 12.1. The minimum atomic E-state index is -0.263. The molecule has 0 aromatic carbocycles. The first-order chi connectivity index (χ1) is 8.19. The van der Waals surface area contributed by atoms with Gasteiger partial charge in [0.25, 0.3) is 5.91 Å². The van der Waals surface area contributed by atoms with Gasteiger partial charge in [0.05, 0.1) is 5.01 Å². The number of nitrogens with two attached hydrogens (primary N) is 1. The van der Waals surface area contributed by atoms with Crippen molar-refractivity contribution in [3.05, 3.63) is 21.9 Å². The maximum absolute atomic E-state index is 11.8. The maximum Gasteiger partial charge on any atom is 0.276 e.